The first-order chi connectivity index (χ1) is 15.1. The van der Waals surface area contributed by atoms with Gasteiger partial charge in [-0.2, -0.15) is 0 Å². The van der Waals surface area contributed by atoms with Crippen molar-refractivity contribution in [2.24, 2.45) is 0 Å². The minimum atomic E-state index is -0.639. The molecule has 0 saturated heterocycles. The highest BCUT2D eigenvalue weighted by molar-refractivity contribution is 8.01. The van der Waals surface area contributed by atoms with E-state index >= 15 is 0 Å². The summed E-state index contributed by atoms with van der Waals surface area (Å²) in [4.78, 5) is 24.1. The predicted octanol–water partition coefficient (Wildman–Crippen LogP) is 3.46. The molecule has 10 nitrogen and oxygen atoms in total. The molecule has 0 bridgehead atoms. The maximum Gasteiger partial charge on any atom is 0.325 e. The van der Waals surface area contributed by atoms with Crippen molar-refractivity contribution in [1.82, 2.24) is 15.5 Å². The van der Waals surface area contributed by atoms with Gasteiger partial charge in [0.1, 0.15) is 5.75 Å². The number of carbonyl (C=O) groups excluding carboxylic acids is 2. The van der Waals surface area contributed by atoms with Gasteiger partial charge >= 0.3 is 6.03 Å². The lowest BCUT2D eigenvalue weighted by atomic mass is 10.3. The molecule has 31 heavy (non-hydrogen) atoms. The smallest absolute Gasteiger partial charge is 0.325 e. The number of imide groups is 1. The van der Waals surface area contributed by atoms with Crippen molar-refractivity contribution >= 4 is 51.5 Å². The number of nitrogens with one attached hydrogen (secondary N) is 3. The van der Waals surface area contributed by atoms with E-state index in [1.807, 2.05) is 24.3 Å². The van der Waals surface area contributed by atoms with E-state index in [1.165, 1.54) is 23.1 Å². The number of methoxy groups -OCH3 is 1. The SMILES string of the molecule is COc1ccccc1Nc1nnc(SCC(=O)NC(=O)Nc2ccc3c(c2)OCO3)s1. The van der Waals surface area contributed by atoms with E-state index in [-0.39, 0.29) is 12.5 Å². The number of urea groups is 1. The summed E-state index contributed by atoms with van der Waals surface area (Å²) in [5, 5.41) is 16.6. The number of hydrogen-bond donors (Lipinski definition) is 3. The fourth-order valence-electron chi connectivity index (χ4n) is 2.61. The lowest BCUT2D eigenvalue weighted by Crippen LogP contribution is -2.35. The van der Waals surface area contributed by atoms with Crippen LogP contribution in [0.15, 0.2) is 46.8 Å². The van der Waals surface area contributed by atoms with E-state index in [1.54, 1.807) is 25.3 Å². The summed E-state index contributed by atoms with van der Waals surface area (Å²) < 4.78 is 16.3. The number of ether oxygens (including phenoxy) is 3. The van der Waals surface area contributed by atoms with Gasteiger partial charge in [-0.05, 0) is 24.3 Å². The lowest BCUT2D eigenvalue weighted by molar-refractivity contribution is -0.117. The molecule has 0 unspecified atom stereocenters. The second-order valence-corrected chi connectivity index (χ2v) is 8.26. The molecule has 2 aromatic carbocycles. The molecule has 0 atom stereocenters. The Morgan fingerprint density at radius 3 is 2.87 bits per heavy atom. The van der Waals surface area contributed by atoms with Gasteiger partial charge in [0.25, 0.3) is 0 Å². The molecule has 0 saturated carbocycles. The summed E-state index contributed by atoms with van der Waals surface area (Å²) in [6.07, 6.45) is 0. The highest BCUT2D eigenvalue weighted by Gasteiger charge is 2.15. The van der Waals surface area contributed by atoms with Gasteiger partial charge in [0.05, 0.1) is 18.6 Å². The Labute approximate surface area is 185 Å². The second-order valence-electron chi connectivity index (χ2n) is 6.06. The van der Waals surface area contributed by atoms with Gasteiger partial charge in [0.2, 0.25) is 17.8 Å². The number of amides is 3. The molecule has 3 aromatic rings. The minimum Gasteiger partial charge on any atom is -0.495 e. The Bertz CT molecular complexity index is 1110. The van der Waals surface area contributed by atoms with Crippen molar-refractivity contribution in [3.05, 3.63) is 42.5 Å². The van der Waals surface area contributed by atoms with Gasteiger partial charge in [0.15, 0.2) is 15.8 Å². The zero-order valence-corrected chi connectivity index (χ0v) is 17.8. The summed E-state index contributed by atoms with van der Waals surface area (Å²) >= 11 is 2.47. The Morgan fingerprint density at radius 2 is 2.00 bits per heavy atom. The Hall–Kier alpha value is -3.51. The Balaban J connectivity index is 1.25. The fourth-order valence-corrected chi connectivity index (χ4v) is 4.17. The summed E-state index contributed by atoms with van der Waals surface area (Å²) in [6, 6.07) is 11.8. The number of anilines is 3. The van der Waals surface area contributed by atoms with Crippen molar-refractivity contribution in [3.63, 3.8) is 0 Å². The van der Waals surface area contributed by atoms with Gasteiger partial charge in [0, 0.05) is 11.8 Å². The van der Waals surface area contributed by atoms with E-state index < -0.39 is 11.9 Å². The molecule has 4 rings (SSSR count). The fraction of sp³-hybridized carbons (Fsp3) is 0.158. The van der Waals surface area contributed by atoms with Crippen LogP contribution in [-0.2, 0) is 4.79 Å². The quantitative estimate of drug-likeness (QED) is 0.456. The molecule has 12 heteroatoms. The molecule has 3 amide bonds. The maximum atomic E-state index is 12.1. The summed E-state index contributed by atoms with van der Waals surface area (Å²) in [5.74, 6) is 1.37. The van der Waals surface area contributed by atoms with Crippen LogP contribution in [0.1, 0.15) is 0 Å². The van der Waals surface area contributed by atoms with Crippen LogP contribution in [0.2, 0.25) is 0 Å². The number of hydrogen-bond acceptors (Lipinski definition) is 10. The molecular formula is C19H17N5O5S2. The number of thioether (sulfide) groups is 1. The molecule has 1 aliphatic heterocycles. The number of para-hydroxylation sites is 2. The first-order valence-electron chi connectivity index (χ1n) is 8.97. The Kier molecular flexibility index (Phi) is 6.38. The summed E-state index contributed by atoms with van der Waals surface area (Å²) in [5.41, 5.74) is 1.24. The zero-order valence-electron chi connectivity index (χ0n) is 16.2. The number of aromatic nitrogens is 2. The van der Waals surface area contributed by atoms with Gasteiger partial charge in [-0.1, -0.05) is 35.2 Å². The number of fused-ring (bicyclic) bond motifs is 1. The molecule has 2 heterocycles. The molecule has 1 aromatic heterocycles. The molecule has 160 valence electrons. The van der Waals surface area contributed by atoms with Crippen LogP contribution < -0.4 is 30.2 Å². The predicted molar refractivity (Wildman–Crippen MR) is 117 cm³/mol. The maximum absolute atomic E-state index is 12.1. The number of benzene rings is 2. The van der Waals surface area contributed by atoms with E-state index in [0.717, 1.165) is 5.69 Å². The normalized spacial score (nSPS) is 11.6. The third kappa shape index (κ3) is 5.35. The molecule has 0 radical (unpaired) electrons. The molecule has 3 N–H and O–H groups in total. The monoisotopic (exact) mass is 459 g/mol. The average Bonchev–Trinajstić information content (AvgIpc) is 3.41. The number of rotatable bonds is 7. The van der Waals surface area contributed by atoms with Crippen LogP contribution in [0.25, 0.3) is 0 Å². The largest absolute Gasteiger partial charge is 0.495 e. The third-order valence-electron chi connectivity index (χ3n) is 3.97. The summed E-state index contributed by atoms with van der Waals surface area (Å²) in [6.45, 7) is 0.141. The second kappa shape index (κ2) is 9.53. The van der Waals surface area contributed by atoms with E-state index in [9.17, 15) is 9.59 Å². The lowest BCUT2D eigenvalue weighted by Gasteiger charge is -2.07. The standard InChI is InChI=1S/C19H17N5O5S2/c1-27-13-5-3-2-4-12(13)21-18-23-24-19(31-18)30-9-16(25)22-17(26)20-11-6-7-14-15(8-11)29-10-28-14/h2-8H,9-10H2,1H3,(H,21,23)(H2,20,22,25,26). The molecule has 0 spiro atoms. The molecule has 0 fully saturated rings. The minimum absolute atomic E-state index is 0.0118. The highest BCUT2D eigenvalue weighted by atomic mass is 32.2. The molecular weight excluding hydrogens is 442 g/mol. The van der Waals surface area contributed by atoms with Crippen molar-refractivity contribution in [3.8, 4) is 17.2 Å². The third-order valence-corrected chi connectivity index (χ3v) is 5.94. The van der Waals surface area contributed by atoms with Crippen LogP contribution in [0.3, 0.4) is 0 Å². The molecule has 0 aliphatic carbocycles. The van der Waals surface area contributed by atoms with Gasteiger partial charge < -0.3 is 24.8 Å². The first kappa shape index (κ1) is 20.8. The topological polar surface area (TPSA) is 124 Å². The van der Waals surface area contributed by atoms with Crippen LogP contribution in [0.4, 0.5) is 21.3 Å². The van der Waals surface area contributed by atoms with Crippen LogP contribution in [0, 0.1) is 0 Å². The highest BCUT2D eigenvalue weighted by Crippen LogP contribution is 2.34. The van der Waals surface area contributed by atoms with E-state index in [0.29, 0.717) is 32.4 Å². The van der Waals surface area contributed by atoms with E-state index in [2.05, 4.69) is 26.1 Å². The van der Waals surface area contributed by atoms with Crippen molar-refractivity contribution in [1.29, 1.82) is 0 Å². The zero-order chi connectivity index (χ0) is 21.6. The Morgan fingerprint density at radius 1 is 1.16 bits per heavy atom. The van der Waals surface area contributed by atoms with Crippen molar-refractivity contribution < 1.29 is 23.8 Å². The summed E-state index contributed by atoms with van der Waals surface area (Å²) in [7, 11) is 1.59. The van der Waals surface area contributed by atoms with Gasteiger partial charge in [-0.3, -0.25) is 10.1 Å². The van der Waals surface area contributed by atoms with Crippen molar-refractivity contribution in [2.75, 3.05) is 30.3 Å². The van der Waals surface area contributed by atoms with Gasteiger partial charge in [-0.15, -0.1) is 10.2 Å². The van der Waals surface area contributed by atoms with Crippen molar-refractivity contribution in [2.45, 2.75) is 4.34 Å². The number of nitrogens with zero attached hydrogens (tertiary/aromatic N) is 2. The average molecular weight is 460 g/mol. The van der Waals surface area contributed by atoms with Crippen LogP contribution in [0.5, 0.6) is 17.2 Å². The van der Waals surface area contributed by atoms with Gasteiger partial charge in [-0.25, -0.2) is 4.79 Å². The van der Waals surface area contributed by atoms with Crippen LogP contribution >= 0.6 is 23.1 Å². The van der Waals surface area contributed by atoms with Crippen LogP contribution in [-0.4, -0.2) is 41.8 Å². The first-order valence-corrected chi connectivity index (χ1v) is 10.8. The van der Waals surface area contributed by atoms with E-state index in [4.69, 9.17) is 14.2 Å². The number of carbonyl (C=O) groups is 2. The molecule has 1 aliphatic rings.